The lowest BCUT2D eigenvalue weighted by molar-refractivity contribution is -0.135. The molecule has 208 valence electrons. The molecule has 4 aromatic rings. The summed E-state index contributed by atoms with van der Waals surface area (Å²) in [4.78, 5) is 42.3. The minimum Gasteiger partial charge on any atom is -0.497 e. The molecular formula is C31H25NO9. The number of fused-ring (bicyclic) bond motifs is 4. The highest BCUT2D eigenvalue weighted by molar-refractivity contribution is 6.15. The van der Waals surface area contributed by atoms with Crippen LogP contribution in [0.5, 0.6) is 34.5 Å². The van der Waals surface area contributed by atoms with Crippen molar-refractivity contribution in [3.63, 3.8) is 0 Å². The number of ketones is 1. The van der Waals surface area contributed by atoms with Gasteiger partial charge in [-0.1, -0.05) is 0 Å². The Bertz CT molecular complexity index is 1840. The van der Waals surface area contributed by atoms with E-state index in [0.717, 1.165) is 5.39 Å². The Morgan fingerprint density at radius 2 is 1.59 bits per heavy atom. The molecular weight excluding hydrogens is 530 g/mol. The number of rotatable bonds is 6. The van der Waals surface area contributed by atoms with Gasteiger partial charge >= 0.3 is 5.97 Å². The normalized spacial score (nSPS) is 16.6. The lowest BCUT2D eigenvalue weighted by Crippen LogP contribution is -2.26. The number of Topliss-reactive ketones (excluding diaryl/α,β-unsaturated/α-hetero) is 1. The van der Waals surface area contributed by atoms with Crippen LogP contribution in [0.1, 0.15) is 39.4 Å². The third-order valence-corrected chi connectivity index (χ3v) is 7.26. The van der Waals surface area contributed by atoms with Gasteiger partial charge in [0.15, 0.2) is 17.3 Å². The van der Waals surface area contributed by atoms with Crippen LogP contribution in [0.25, 0.3) is 17.0 Å². The van der Waals surface area contributed by atoms with E-state index in [1.54, 1.807) is 61.7 Å². The molecule has 2 aliphatic heterocycles. The third-order valence-electron chi connectivity index (χ3n) is 7.26. The molecule has 1 aromatic heterocycles. The second-order valence-electron chi connectivity index (χ2n) is 9.48. The van der Waals surface area contributed by atoms with E-state index in [-0.39, 0.29) is 40.6 Å². The van der Waals surface area contributed by atoms with Crippen LogP contribution in [0, 0.1) is 0 Å². The van der Waals surface area contributed by atoms with Crippen LogP contribution in [-0.4, -0.2) is 45.2 Å². The quantitative estimate of drug-likeness (QED) is 0.206. The largest absolute Gasteiger partial charge is 0.497 e. The Hall–Kier alpha value is -5.25. The monoisotopic (exact) mass is 555 g/mol. The summed E-state index contributed by atoms with van der Waals surface area (Å²) < 4.78 is 33.3. The number of esters is 1. The fraction of sp³-hybridized carbons (Fsp3) is 0.194. The number of carbonyl (C=O) groups is 2. The van der Waals surface area contributed by atoms with Gasteiger partial charge in [-0.3, -0.25) is 14.4 Å². The zero-order chi connectivity index (χ0) is 28.8. The molecule has 3 aromatic carbocycles. The Balaban J connectivity index is 1.48. The number of hydrogen-bond acceptors (Lipinski definition) is 9. The molecule has 0 bridgehead atoms. The molecule has 3 heterocycles. The summed E-state index contributed by atoms with van der Waals surface area (Å²) in [7, 11) is 6.08. The Kier molecular flexibility index (Phi) is 6.37. The molecule has 0 aliphatic carbocycles. The van der Waals surface area contributed by atoms with Gasteiger partial charge in [-0.15, -0.1) is 0 Å². The SMILES string of the molecule is COc1ccc2[nH]c(=O)c(C3CC(=O)Oc4ccc5c(c43)OC(=Cc3cc(OC)c(OC)cc3OC)C5=O)cc2c1. The van der Waals surface area contributed by atoms with Crippen molar-refractivity contribution in [3.05, 3.63) is 86.9 Å². The highest BCUT2D eigenvalue weighted by Gasteiger charge is 2.39. The van der Waals surface area contributed by atoms with Crippen LogP contribution < -0.4 is 34.0 Å². The summed E-state index contributed by atoms with van der Waals surface area (Å²) in [5.41, 5.74) is 1.87. The molecule has 0 radical (unpaired) electrons. The number of aromatic nitrogens is 1. The summed E-state index contributed by atoms with van der Waals surface area (Å²) >= 11 is 0. The number of hydrogen-bond donors (Lipinski definition) is 1. The average Bonchev–Trinajstić information content (AvgIpc) is 3.30. The van der Waals surface area contributed by atoms with E-state index in [9.17, 15) is 14.4 Å². The molecule has 0 amide bonds. The van der Waals surface area contributed by atoms with Gasteiger partial charge in [0.1, 0.15) is 23.0 Å². The Morgan fingerprint density at radius 1 is 0.829 bits per heavy atom. The molecule has 0 saturated carbocycles. The molecule has 10 nitrogen and oxygen atoms in total. The first-order valence-corrected chi connectivity index (χ1v) is 12.7. The molecule has 41 heavy (non-hydrogen) atoms. The summed E-state index contributed by atoms with van der Waals surface area (Å²) in [5.74, 6) is 0.882. The van der Waals surface area contributed by atoms with Gasteiger partial charge in [-0.25, -0.2) is 0 Å². The highest BCUT2D eigenvalue weighted by atomic mass is 16.5. The highest BCUT2D eigenvalue weighted by Crippen LogP contribution is 2.49. The summed E-state index contributed by atoms with van der Waals surface area (Å²) in [6.45, 7) is 0. The molecule has 0 fully saturated rings. The van der Waals surface area contributed by atoms with E-state index >= 15 is 0 Å². The lowest BCUT2D eigenvalue weighted by atomic mass is 9.85. The van der Waals surface area contributed by atoms with Crippen molar-refractivity contribution in [1.82, 2.24) is 4.98 Å². The minimum absolute atomic E-state index is 0.0340. The van der Waals surface area contributed by atoms with E-state index in [4.69, 9.17) is 28.4 Å². The van der Waals surface area contributed by atoms with E-state index in [1.165, 1.54) is 21.3 Å². The van der Waals surface area contributed by atoms with Crippen LogP contribution in [0.2, 0.25) is 0 Å². The molecule has 10 heteroatoms. The Morgan fingerprint density at radius 3 is 2.32 bits per heavy atom. The van der Waals surface area contributed by atoms with Crippen molar-refractivity contribution in [1.29, 1.82) is 0 Å². The maximum Gasteiger partial charge on any atom is 0.312 e. The van der Waals surface area contributed by atoms with E-state index in [1.807, 2.05) is 0 Å². The van der Waals surface area contributed by atoms with Crippen molar-refractivity contribution >= 4 is 28.7 Å². The molecule has 0 saturated heterocycles. The summed E-state index contributed by atoms with van der Waals surface area (Å²) in [6.07, 6.45) is 1.44. The van der Waals surface area contributed by atoms with Crippen molar-refractivity contribution in [2.45, 2.75) is 12.3 Å². The van der Waals surface area contributed by atoms with Crippen LogP contribution in [-0.2, 0) is 4.79 Å². The van der Waals surface area contributed by atoms with E-state index in [2.05, 4.69) is 4.98 Å². The first kappa shape index (κ1) is 26.0. The zero-order valence-electron chi connectivity index (χ0n) is 22.7. The molecule has 2 aliphatic rings. The van der Waals surface area contributed by atoms with E-state index < -0.39 is 11.9 Å². The van der Waals surface area contributed by atoms with Crippen LogP contribution >= 0.6 is 0 Å². The van der Waals surface area contributed by atoms with Gasteiger partial charge in [0.2, 0.25) is 5.78 Å². The van der Waals surface area contributed by atoms with Gasteiger partial charge in [0, 0.05) is 39.6 Å². The van der Waals surface area contributed by atoms with Crippen molar-refractivity contribution in [2.24, 2.45) is 0 Å². The molecule has 1 N–H and O–H groups in total. The predicted octanol–water partition coefficient (Wildman–Crippen LogP) is 4.62. The third kappa shape index (κ3) is 4.33. The van der Waals surface area contributed by atoms with Gasteiger partial charge in [0.05, 0.1) is 40.4 Å². The van der Waals surface area contributed by atoms with Crippen LogP contribution in [0.4, 0.5) is 0 Å². The minimum atomic E-state index is -0.719. The predicted molar refractivity (Wildman–Crippen MR) is 149 cm³/mol. The fourth-order valence-electron chi connectivity index (χ4n) is 5.27. The van der Waals surface area contributed by atoms with Crippen molar-refractivity contribution in [3.8, 4) is 34.5 Å². The maximum absolute atomic E-state index is 13.5. The number of nitrogens with one attached hydrogen (secondary N) is 1. The van der Waals surface area contributed by atoms with Crippen molar-refractivity contribution < 1.29 is 38.0 Å². The number of ether oxygens (including phenoxy) is 6. The standard InChI is InChI=1S/C31H25NO9/c1-36-17-5-7-21-15(9-17)10-20(31(35)32-21)19-13-27(33)40-22-8-6-18-29(34)26(41-30(18)28(19)22)12-16-11-24(38-3)25(39-4)14-23(16)37-2/h5-12,14,19H,13H2,1-4H3,(H,32,35). The van der Waals surface area contributed by atoms with Crippen molar-refractivity contribution in [2.75, 3.05) is 28.4 Å². The summed E-state index contributed by atoms with van der Waals surface area (Å²) in [6, 6.07) is 13.4. The van der Waals surface area contributed by atoms with Gasteiger partial charge in [0.25, 0.3) is 5.56 Å². The lowest BCUT2D eigenvalue weighted by Gasteiger charge is -2.26. The molecule has 1 unspecified atom stereocenters. The number of allylic oxidation sites excluding steroid dienone is 1. The second kappa shape index (κ2) is 10.1. The first-order chi connectivity index (χ1) is 19.8. The van der Waals surface area contributed by atoms with Gasteiger partial charge in [-0.2, -0.15) is 0 Å². The summed E-state index contributed by atoms with van der Waals surface area (Å²) in [5, 5.41) is 0.727. The fourth-order valence-corrected chi connectivity index (χ4v) is 5.27. The second-order valence-corrected chi connectivity index (χ2v) is 9.48. The topological polar surface area (TPSA) is 122 Å². The molecule has 1 atom stereocenters. The maximum atomic E-state index is 13.5. The van der Waals surface area contributed by atoms with Gasteiger partial charge in [-0.05, 0) is 48.5 Å². The number of H-pyrrole nitrogens is 1. The number of methoxy groups -OCH3 is 4. The first-order valence-electron chi connectivity index (χ1n) is 12.7. The number of pyridine rings is 1. The smallest absolute Gasteiger partial charge is 0.312 e. The van der Waals surface area contributed by atoms with Crippen LogP contribution in [0.3, 0.4) is 0 Å². The number of carbonyl (C=O) groups excluding carboxylic acids is 2. The average molecular weight is 556 g/mol. The molecule has 6 rings (SSSR count). The Labute approximate surface area is 234 Å². The van der Waals surface area contributed by atoms with Crippen LogP contribution in [0.15, 0.2) is 59.1 Å². The zero-order valence-corrected chi connectivity index (χ0v) is 22.7. The number of aromatic amines is 1. The van der Waals surface area contributed by atoms with E-state index in [0.29, 0.717) is 45.2 Å². The molecule has 0 spiro atoms. The van der Waals surface area contributed by atoms with Gasteiger partial charge < -0.3 is 33.4 Å². The number of benzene rings is 3.